The van der Waals surface area contributed by atoms with Crippen molar-refractivity contribution in [1.82, 2.24) is 5.32 Å². The third kappa shape index (κ3) is 6.50. The van der Waals surface area contributed by atoms with Crippen molar-refractivity contribution in [1.29, 1.82) is 0 Å². The van der Waals surface area contributed by atoms with Gasteiger partial charge in [-0.3, -0.25) is 14.4 Å². The standard InChI is InChI=1S/C24H28N2O5/c1-14(2)21(26-23(29)20-9-7-6-8-15(20)3)24(30)31-17(5)22(28)25-19-12-10-18(11-13-19)16(4)27/h6-14,17,21H,1-5H3,(H,25,28)(H,26,29)/t17-,21+/m1/s1. The Labute approximate surface area is 182 Å². The Balaban J connectivity index is 2.00. The molecule has 2 N–H and O–H groups in total. The summed E-state index contributed by atoms with van der Waals surface area (Å²) in [6.45, 7) is 8.29. The summed E-state index contributed by atoms with van der Waals surface area (Å²) >= 11 is 0. The van der Waals surface area contributed by atoms with Crippen LogP contribution in [0.4, 0.5) is 5.69 Å². The van der Waals surface area contributed by atoms with Crippen LogP contribution >= 0.6 is 0 Å². The van der Waals surface area contributed by atoms with Gasteiger partial charge in [-0.05, 0) is 62.6 Å². The van der Waals surface area contributed by atoms with Gasteiger partial charge in [0, 0.05) is 16.8 Å². The van der Waals surface area contributed by atoms with Gasteiger partial charge in [0.05, 0.1) is 0 Å². The van der Waals surface area contributed by atoms with E-state index in [1.807, 2.05) is 19.1 Å². The van der Waals surface area contributed by atoms with E-state index in [1.54, 1.807) is 50.2 Å². The Morgan fingerprint density at radius 3 is 2.06 bits per heavy atom. The highest BCUT2D eigenvalue weighted by molar-refractivity contribution is 5.99. The second kappa shape index (κ2) is 10.5. The van der Waals surface area contributed by atoms with Gasteiger partial charge in [-0.1, -0.05) is 32.0 Å². The van der Waals surface area contributed by atoms with Crippen LogP contribution in [0.2, 0.25) is 0 Å². The Bertz CT molecular complexity index is 966. The lowest BCUT2D eigenvalue weighted by molar-refractivity contribution is -0.156. The maximum Gasteiger partial charge on any atom is 0.329 e. The SMILES string of the molecule is CC(=O)c1ccc(NC(=O)[C@@H](C)OC(=O)[C@@H](NC(=O)c2ccccc2C)C(C)C)cc1. The lowest BCUT2D eigenvalue weighted by Gasteiger charge is -2.23. The highest BCUT2D eigenvalue weighted by Gasteiger charge is 2.29. The maximum absolute atomic E-state index is 12.7. The Kier molecular flexibility index (Phi) is 8.07. The summed E-state index contributed by atoms with van der Waals surface area (Å²) in [6, 6.07) is 12.6. The number of esters is 1. The second-order valence-electron chi connectivity index (χ2n) is 7.71. The normalized spacial score (nSPS) is 12.6. The molecule has 0 saturated heterocycles. The quantitative estimate of drug-likeness (QED) is 0.499. The van der Waals surface area contributed by atoms with Crippen molar-refractivity contribution in [2.24, 2.45) is 5.92 Å². The van der Waals surface area contributed by atoms with Crippen molar-refractivity contribution >= 4 is 29.3 Å². The van der Waals surface area contributed by atoms with Crippen LogP contribution in [0, 0.1) is 12.8 Å². The third-order valence-corrected chi connectivity index (χ3v) is 4.82. The molecule has 31 heavy (non-hydrogen) atoms. The topological polar surface area (TPSA) is 102 Å². The molecule has 164 valence electrons. The van der Waals surface area contributed by atoms with Crippen molar-refractivity contribution in [3.8, 4) is 0 Å². The van der Waals surface area contributed by atoms with E-state index in [-0.39, 0.29) is 17.6 Å². The summed E-state index contributed by atoms with van der Waals surface area (Å²) in [5, 5.41) is 5.35. The average Bonchev–Trinajstić information content (AvgIpc) is 2.72. The fourth-order valence-corrected chi connectivity index (χ4v) is 2.88. The minimum absolute atomic E-state index is 0.0763. The van der Waals surface area contributed by atoms with Crippen molar-refractivity contribution in [3.05, 3.63) is 65.2 Å². The van der Waals surface area contributed by atoms with Gasteiger partial charge in [-0.2, -0.15) is 0 Å². The molecule has 0 unspecified atom stereocenters. The van der Waals surface area contributed by atoms with Gasteiger partial charge in [0.2, 0.25) is 0 Å². The average molecular weight is 424 g/mol. The van der Waals surface area contributed by atoms with Gasteiger partial charge in [-0.25, -0.2) is 4.79 Å². The first-order valence-corrected chi connectivity index (χ1v) is 10.1. The summed E-state index contributed by atoms with van der Waals surface area (Å²) < 4.78 is 5.32. The minimum atomic E-state index is -1.07. The third-order valence-electron chi connectivity index (χ3n) is 4.82. The Hall–Kier alpha value is -3.48. The van der Waals surface area contributed by atoms with E-state index in [4.69, 9.17) is 4.74 Å². The zero-order chi connectivity index (χ0) is 23.1. The number of ether oxygens (including phenoxy) is 1. The van der Waals surface area contributed by atoms with Gasteiger partial charge < -0.3 is 15.4 Å². The molecule has 0 saturated carbocycles. The number of Topliss-reactive ketones (excluding diaryl/α,β-unsaturated/α-hetero) is 1. The largest absolute Gasteiger partial charge is 0.451 e. The lowest BCUT2D eigenvalue weighted by Crippen LogP contribution is -2.47. The van der Waals surface area contributed by atoms with Crippen LogP contribution in [-0.2, 0) is 14.3 Å². The lowest BCUT2D eigenvalue weighted by atomic mass is 10.0. The van der Waals surface area contributed by atoms with Crippen LogP contribution in [0.25, 0.3) is 0 Å². The van der Waals surface area contributed by atoms with Crippen LogP contribution in [0.15, 0.2) is 48.5 Å². The van der Waals surface area contributed by atoms with Crippen LogP contribution in [0.5, 0.6) is 0 Å². The monoisotopic (exact) mass is 424 g/mol. The fraction of sp³-hybridized carbons (Fsp3) is 0.333. The number of aryl methyl sites for hydroxylation is 1. The van der Waals surface area contributed by atoms with Gasteiger partial charge in [0.15, 0.2) is 11.9 Å². The summed E-state index contributed by atoms with van der Waals surface area (Å²) in [6.07, 6.45) is -1.07. The Morgan fingerprint density at radius 1 is 0.903 bits per heavy atom. The van der Waals surface area contributed by atoms with Crippen LogP contribution in [-0.4, -0.2) is 35.7 Å². The van der Waals surface area contributed by atoms with E-state index in [9.17, 15) is 19.2 Å². The predicted octanol–water partition coefficient (Wildman–Crippen LogP) is 3.52. The van der Waals surface area contributed by atoms with E-state index in [1.165, 1.54) is 13.8 Å². The molecule has 2 aromatic rings. The molecule has 0 radical (unpaired) electrons. The van der Waals surface area contributed by atoms with Gasteiger partial charge >= 0.3 is 5.97 Å². The summed E-state index contributed by atoms with van der Waals surface area (Å²) in [4.78, 5) is 49.0. The molecule has 0 aliphatic heterocycles. The number of hydrogen-bond donors (Lipinski definition) is 2. The first kappa shape index (κ1) is 23.8. The zero-order valence-corrected chi connectivity index (χ0v) is 18.4. The molecule has 2 rings (SSSR count). The molecule has 7 heteroatoms. The van der Waals surface area contributed by atoms with Gasteiger partial charge in [0.25, 0.3) is 11.8 Å². The number of carbonyl (C=O) groups excluding carboxylic acids is 4. The van der Waals surface area contributed by atoms with E-state index in [2.05, 4.69) is 10.6 Å². The molecule has 7 nitrogen and oxygen atoms in total. The molecule has 0 bridgehead atoms. The Morgan fingerprint density at radius 2 is 1.52 bits per heavy atom. The molecule has 0 spiro atoms. The van der Waals surface area contributed by atoms with E-state index in [0.717, 1.165) is 5.56 Å². The fourth-order valence-electron chi connectivity index (χ4n) is 2.88. The van der Waals surface area contributed by atoms with Crippen molar-refractivity contribution in [2.75, 3.05) is 5.32 Å². The number of ketones is 1. The molecule has 2 amide bonds. The minimum Gasteiger partial charge on any atom is -0.451 e. The zero-order valence-electron chi connectivity index (χ0n) is 18.4. The molecule has 0 aromatic heterocycles. The number of nitrogens with one attached hydrogen (secondary N) is 2. The van der Waals surface area contributed by atoms with E-state index < -0.39 is 24.0 Å². The number of amides is 2. The smallest absolute Gasteiger partial charge is 0.329 e. The molecule has 2 aromatic carbocycles. The van der Waals surface area contributed by atoms with Gasteiger partial charge in [0.1, 0.15) is 6.04 Å². The van der Waals surface area contributed by atoms with Crippen molar-refractivity contribution in [3.63, 3.8) is 0 Å². The number of carbonyl (C=O) groups is 4. The summed E-state index contributed by atoms with van der Waals surface area (Å²) in [5.41, 5.74) is 2.27. The molecule has 2 atom stereocenters. The van der Waals surface area contributed by atoms with Crippen molar-refractivity contribution in [2.45, 2.75) is 46.8 Å². The number of benzene rings is 2. The molecule has 0 heterocycles. The molecule has 0 fully saturated rings. The molecular weight excluding hydrogens is 396 g/mol. The number of rotatable bonds is 8. The highest BCUT2D eigenvalue weighted by atomic mass is 16.5. The molecule has 0 aliphatic carbocycles. The van der Waals surface area contributed by atoms with Crippen LogP contribution in [0.1, 0.15) is 54.0 Å². The first-order chi connectivity index (χ1) is 14.6. The second-order valence-corrected chi connectivity index (χ2v) is 7.71. The molecular formula is C24H28N2O5. The van der Waals surface area contributed by atoms with E-state index >= 15 is 0 Å². The van der Waals surface area contributed by atoms with Crippen LogP contribution in [0.3, 0.4) is 0 Å². The first-order valence-electron chi connectivity index (χ1n) is 10.1. The maximum atomic E-state index is 12.7. The number of anilines is 1. The molecule has 0 aliphatic rings. The van der Waals surface area contributed by atoms with Crippen molar-refractivity contribution < 1.29 is 23.9 Å². The van der Waals surface area contributed by atoms with Crippen LogP contribution < -0.4 is 10.6 Å². The number of hydrogen-bond acceptors (Lipinski definition) is 5. The van der Waals surface area contributed by atoms with E-state index in [0.29, 0.717) is 16.8 Å². The predicted molar refractivity (Wildman–Crippen MR) is 118 cm³/mol. The van der Waals surface area contributed by atoms with Gasteiger partial charge in [-0.15, -0.1) is 0 Å². The summed E-state index contributed by atoms with van der Waals surface area (Å²) in [7, 11) is 0. The summed E-state index contributed by atoms with van der Waals surface area (Å²) in [5.74, 6) is -1.90. The highest BCUT2D eigenvalue weighted by Crippen LogP contribution is 2.13.